The molecule has 0 radical (unpaired) electrons. The summed E-state index contributed by atoms with van der Waals surface area (Å²) in [6.07, 6.45) is 0.466. The minimum Gasteiger partial charge on any atom is -0.346 e. The number of carbonyl (C=O) groups is 2. The number of hydrogen-bond donors (Lipinski definition) is 0. The lowest BCUT2D eigenvalue weighted by atomic mass is 10.1. The van der Waals surface area contributed by atoms with E-state index >= 15 is 0 Å². The highest BCUT2D eigenvalue weighted by atomic mass is 16.2. The van der Waals surface area contributed by atoms with Crippen LogP contribution in [0, 0.1) is 5.92 Å². The van der Waals surface area contributed by atoms with Crippen LogP contribution in [0.1, 0.15) is 27.2 Å². The number of rotatable bonds is 4. The van der Waals surface area contributed by atoms with Crippen molar-refractivity contribution in [2.24, 2.45) is 5.92 Å². The second-order valence-corrected chi connectivity index (χ2v) is 3.31. The number of amides is 1. The van der Waals surface area contributed by atoms with Gasteiger partial charge in [0, 0.05) is 32.9 Å². The molecule has 70 valence electrons. The molecule has 0 atom stereocenters. The summed E-state index contributed by atoms with van der Waals surface area (Å²) in [7, 11) is 1.70. The Morgan fingerprint density at radius 2 is 1.83 bits per heavy atom. The molecule has 0 aromatic carbocycles. The molecule has 1 amide bonds. The zero-order valence-corrected chi connectivity index (χ0v) is 8.26. The van der Waals surface area contributed by atoms with E-state index in [0.29, 0.717) is 13.0 Å². The molecule has 0 rings (SSSR count). The molecule has 0 spiro atoms. The lowest BCUT2D eigenvalue weighted by Gasteiger charge is -2.14. The molecule has 0 aromatic rings. The van der Waals surface area contributed by atoms with Gasteiger partial charge >= 0.3 is 0 Å². The Balaban J connectivity index is 3.69. The van der Waals surface area contributed by atoms with Crippen molar-refractivity contribution in [3.05, 3.63) is 0 Å². The normalized spacial score (nSPS) is 10.1. The summed E-state index contributed by atoms with van der Waals surface area (Å²) >= 11 is 0. The van der Waals surface area contributed by atoms with E-state index in [9.17, 15) is 9.59 Å². The fourth-order valence-electron chi connectivity index (χ4n) is 0.724. The fourth-order valence-corrected chi connectivity index (χ4v) is 0.724. The van der Waals surface area contributed by atoms with Crippen LogP contribution in [0.25, 0.3) is 0 Å². The molecule has 0 aliphatic rings. The van der Waals surface area contributed by atoms with Crippen LogP contribution in [0.2, 0.25) is 0 Å². The van der Waals surface area contributed by atoms with E-state index < -0.39 is 0 Å². The number of Topliss-reactive ketones (excluding diaryl/α,β-unsaturated/α-hetero) is 1. The van der Waals surface area contributed by atoms with E-state index in [0.717, 1.165) is 0 Å². The highest BCUT2D eigenvalue weighted by molar-refractivity contribution is 5.81. The van der Waals surface area contributed by atoms with Crippen LogP contribution < -0.4 is 0 Å². The summed E-state index contributed by atoms with van der Waals surface area (Å²) in [5.41, 5.74) is 0. The van der Waals surface area contributed by atoms with Crippen LogP contribution >= 0.6 is 0 Å². The first-order valence-corrected chi connectivity index (χ1v) is 4.19. The first kappa shape index (κ1) is 11.1. The fraction of sp³-hybridized carbons (Fsp3) is 0.778. The zero-order chi connectivity index (χ0) is 9.72. The van der Waals surface area contributed by atoms with E-state index in [1.54, 1.807) is 11.9 Å². The Labute approximate surface area is 73.7 Å². The van der Waals surface area contributed by atoms with E-state index in [-0.39, 0.29) is 17.6 Å². The minimum atomic E-state index is 0.00607. The van der Waals surface area contributed by atoms with Crippen molar-refractivity contribution in [1.29, 1.82) is 0 Å². The van der Waals surface area contributed by atoms with Gasteiger partial charge in [0.2, 0.25) is 5.91 Å². The molecule has 0 fully saturated rings. The second-order valence-electron chi connectivity index (χ2n) is 3.31. The molecule has 12 heavy (non-hydrogen) atoms. The van der Waals surface area contributed by atoms with Crippen molar-refractivity contribution in [1.82, 2.24) is 4.90 Å². The molecule has 3 heteroatoms. The largest absolute Gasteiger partial charge is 0.346 e. The topological polar surface area (TPSA) is 37.4 Å². The van der Waals surface area contributed by atoms with Crippen molar-refractivity contribution in [2.75, 3.05) is 13.6 Å². The summed E-state index contributed by atoms with van der Waals surface area (Å²) in [5.74, 6) is 0.292. The van der Waals surface area contributed by atoms with E-state index in [2.05, 4.69) is 0 Å². The molecule has 0 saturated heterocycles. The van der Waals surface area contributed by atoms with Gasteiger partial charge in [-0.25, -0.2) is 0 Å². The van der Waals surface area contributed by atoms with Gasteiger partial charge < -0.3 is 4.90 Å². The van der Waals surface area contributed by atoms with E-state index in [4.69, 9.17) is 0 Å². The molecule has 0 unspecified atom stereocenters. The van der Waals surface area contributed by atoms with Crippen LogP contribution in [0.4, 0.5) is 0 Å². The molecule has 0 saturated carbocycles. The lowest BCUT2D eigenvalue weighted by Crippen LogP contribution is -2.27. The van der Waals surface area contributed by atoms with Gasteiger partial charge in [0.25, 0.3) is 0 Å². The van der Waals surface area contributed by atoms with Crippen LogP contribution in [0.15, 0.2) is 0 Å². The van der Waals surface area contributed by atoms with Gasteiger partial charge in [0.15, 0.2) is 0 Å². The molecule has 0 aliphatic heterocycles. The highest BCUT2D eigenvalue weighted by Gasteiger charge is 2.09. The van der Waals surface area contributed by atoms with E-state index in [1.807, 2.05) is 13.8 Å². The number of hydrogen-bond acceptors (Lipinski definition) is 2. The Hall–Kier alpha value is -0.860. The van der Waals surface area contributed by atoms with Crippen molar-refractivity contribution >= 4 is 11.7 Å². The average Bonchev–Trinajstić information content (AvgIpc) is 1.98. The second kappa shape index (κ2) is 4.91. The standard InChI is InChI=1S/C9H17NO2/c1-7(2)9(12)5-6-10(4)8(3)11/h7H,5-6H2,1-4H3. The summed E-state index contributed by atoms with van der Waals surface area (Å²) in [5, 5.41) is 0. The number of nitrogens with zero attached hydrogens (tertiary/aromatic N) is 1. The third kappa shape index (κ3) is 4.11. The molecule has 0 N–H and O–H groups in total. The molecule has 0 bridgehead atoms. The number of ketones is 1. The van der Waals surface area contributed by atoms with Crippen LogP contribution in [-0.2, 0) is 9.59 Å². The predicted octanol–water partition coefficient (Wildman–Crippen LogP) is 1.08. The molecular formula is C9H17NO2. The maximum absolute atomic E-state index is 11.1. The van der Waals surface area contributed by atoms with Crippen molar-refractivity contribution < 1.29 is 9.59 Å². The molecule has 3 nitrogen and oxygen atoms in total. The van der Waals surface area contributed by atoms with Gasteiger partial charge in [-0.3, -0.25) is 9.59 Å². The molecule has 0 aliphatic carbocycles. The van der Waals surface area contributed by atoms with Crippen LogP contribution in [0.3, 0.4) is 0 Å². The van der Waals surface area contributed by atoms with Crippen LogP contribution in [0.5, 0.6) is 0 Å². The maximum atomic E-state index is 11.1. The van der Waals surface area contributed by atoms with E-state index in [1.165, 1.54) is 6.92 Å². The van der Waals surface area contributed by atoms with Gasteiger partial charge in [-0.15, -0.1) is 0 Å². The summed E-state index contributed by atoms with van der Waals surface area (Å²) in [6, 6.07) is 0. The quantitative estimate of drug-likeness (QED) is 0.634. The van der Waals surface area contributed by atoms with Gasteiger partial charge in [-0.05, 0) is 0 Å². The Bertz CT molecular complexity index is 175. The molecule has 0 heterocycles. The Morgan fingerprint density at radius 3 is 2.17 bits per heavy atom. The van der Waals surface area contributed by atoms with Gasteiger partial charge in [-0.1, -0.05) is 13.8 Å². The third-order valence-electron chi connectivity index (χ3n) is 1.88. The van der Waals surface area contributed by atoms with Gasteiger partial charge in [-0.2, -0.15) is 0 Å². The minimum absolute atomic E-state index is 0.00607. The molecular weight excluding hydrogens is 154 g/mol. The maximum Gasteiger partial charge on any atom is 0.219 e. The average molecular weight is 171 g/mol. The van der Waals surface area contributed by atoms with Crippen molar-refractivity contribution in [3.63, 3.8) is 0 Å². The predicted molar refractivity (Wildman–Crippen MR) is 47.8 cm³/mol. The van der Waals surface area contributed by atoms with Crippen LogP contribution in [-0.4, -0.2) is 30.2 Å². The monoisotopic (exact) mass is 171 g/mol. The summed E-state index contributed by atoms with van der Waals surface area (Å²) in [6.45, 7) is 5.78. The molecule has 0 aromatic heterocycles. The Kier molecular flexibility index (Phi) is 4.55. The zero-order valence-electron chi connectivity index (χ0n) is 8.26. The third-order valence-corrected chi connectivity index (χ3v) is 1.88. The number of carbonyl (C=O) groups excluding carboxylic acids is 2. The first-order chi connectivity index (χ1) is 5.45. The Morgan fingerprint density at radius 1 is 1.33 bits per heavy atom. The lowest BCUT2D eigenvalue weighted by molar-refractivity contribution is -0.128. The SMILES string of the molecule is CC(=O)N(C)CCC(=O)C(C)C. The van der Waals surface area contributed by atoms with Gasteiger partial charge in [0.1, 0.15) is 5.78 Å². The smallest absolute Gasteiger partial charge is 0.219 e. The van der Waals surface area contributed by atoms with Crippen molar-refractivity contribution in [3.8, 4) is 0 Å². The van der Waals surface area contributed by atoms with Crippen molar-refractivity contribution in [2.45, 2.75) is 27.2 Å². The van der Waals surface area contributed by atoms with Gasteiger partial charge in [0.05, 0.1) is 0 Å². The summed E-state index contributed by atoms with van der Waals surface area (Å²) < 4.78 is 0. The highest BCUT2D eigenvalue weighted by Crippen LogP contribution is 1.99. The first-order valence-electron chi connectivity index (χ1n) is 4.19. The summed E-state index contributed by atoms with van der Waals surface area (Å²) in [4.78, 5) is 23.4.